The Morgan fingerprint density at radius 3 is 2.52 bits per heavy atom. The van der Waals surface area contributed by atoms with Crippen molar-refractivity contribution in [3.8, 4) is 0 Å². The predicted octanol–water partition coefficient (Wildman–Crippen LogP) is 3.25. The molecule has 0 spiro atoms. The molecule has 3 atom stereocenters. The molecule has 0 radical (unpaired) electrons. The standard InChI is InChI=1S/C18H25NO4/c1-12-10-15(22-16(12)20)14(13-8-6-5-7-9-13)11-19-17(21)23-18(2,3)4/h5-9,12,14-15H,10-11H2,1-4H3,(H,19,21)/t12?,14-,15?/m0/s1. The number of rotatable bonds is 4. The van der Waals surface area contributed by atoms with Gasteiger partial charge in [0.05, 0.1) is 5.92 Å². The molecule has 1 aromatic rings. The van der Waals surface area contributed by atoms with Gasteiger partial charge in [0.25, 0.3) is 0 Å². The van der Waals surface area contributed by atoms with Gasteiger partial charge in [0.15, 0.2) is 0 Å². The number of ether oxygens (including phenoxy) is 2. The van der Waals surface area contributed by atoms with E-state index in [-0.39, 0.29) is 23.9 Å². The molecule has 1 aliphatic heterocycles. The minimum absolute atomic E-state index is 0.0855. The van der Waals surface area contributed by atoms with Crippen LogP contribution >= 0.6 is 0 Å². The molecule has 1 N–H and O–H groups in total. The van der Waals surface area contributed by atoms with Crippen LogP contribution in [0.2, 0.25) is 0 Å². The van der Waals surface area contributed by atoms with E-state index in [1.165, 1.54) is 0 Å². The van der Waals surface area contributed by atoms with Gasteiger partial charge in [0.1, 0.15) is 11.7 Å². The lowest BCUT2D eigenvalue weighted by Crippen LogP contribution is -2.37. The number of esters is 1. The molecule has 2 rings (SSSR count). The maximum atomic E-state index is 11.9. The number of nitrogens with one attached hydrogen (secondary N) is 1. The number of benzene rings is 1. The van der Waals surface area contributed by atoms with Gasteiger partial charge < -0.3 is 14.8 Å². The Morgan fingerprint density at radius 2 is 2.00 bits per heavy atom. The Kier molecular flexibility index (Phi) is 5.29. The summed E-state index contributed by atoms with van der Waals surface area (Å²) in [7, 11) is 0. The van der Waals surface area contributed by atoms with Gasteiger partial charge in [-0.2, -0.15) is 0 Å². The van der Waals surface area contributed by atoms with Crippen LogP contribution in [-0.4, -0.2) is 30.3 Å². The average molecular weight is 319 g/mol. The van der Waals surface area contributed by atoms with E-state index in [9.17, 15) is 9.59 Å². The zero-order chi connectivity index (χ0) is 17.0. The van der Waals surface area contributed by atoms with Crippen molar-refractivity contribution in [2.75, 3.05) is 6.54 Å². The monoisotopic (exact) mass is 319 g/mol. The van der Waals surface area contributed by atoms with Crippen molar-refractivity contribution in [3.05, 3.63) is 35.9 Å². The molecule has 1 aromatic carbocycles. The first-order chi connectivity index (χ1) is 10.8. The maximum absolute atomic E-state index is 11.9. The maximum Gasteiger partial charge on any atom is 0.407 e. The van der Waals surface area contributed by atoms with Crippen LogP contribution in [0.25, 0.3) is 0 Å². The van der Waals surface area contributed by atoms with Crippen molar-refractivity contribution >= 4 is 12.1 Å². The highest BCUT2D eigenvalue weighted by Gasteiger charge is 2.37. The molecule has 0 aromatic heterocycles. The highest BCUT2D eigenvalue weighted by Crippen LogP contribution is 2.32. The van der Waals surface area contributed by atoms with Crippen molar-refractivity contribution in [1.29, 1.82) is 0 Å². The zero-order valence-electron chi connectivity index (χ0n) is 14.2. The van der Waals surface area contributed by atoms with Crippen LogP contribution in [0.5, 0.6) is 0 Å². The average Bonchev–Trinajstić information content (AvgIpc) is 2.78. The minimum Gasteiger partial charge on any atom is -0.461 e. The number of hydrogen-bond acceptors (Lipinski definition) is 4. The molecule has 0 saturated carbocycles. The molecule has 126 valence electrons. The second-order valence-corrected chi connectivity index (χ2v) is 7.01. The number of cyclic esters (lactones) is 1. The van der Waals surface area contributed by atoms with Crippen LogP contribution in [0.1, 0.15) is 45.6 Å². The third-order valence-electron chi connectivity index (χ3n) is 3.80. The van der Waals surface area contributed by atoms with E-state index < -0.39 is 11.7 Å². The number of carbonyl (C=O) groups is 2. The Hall–Kier alpha value is -2.04. The molecule has 1 amide bonds. The fourth-order valence-electron chi connectivity index (χ4n) is 2.68. The third-order valence-corrected chi connectivity index (χ3v) is 3.80. The van der Waals surface area contributed by atoms with Crippen molar-refractivity contribution in [3.63, 3.8) is 0 Å². The SMILES string of the molecule is CC1CC([C@@H](CNC(=O)OC(C)(C)C)c2ccccc2)OC1=O. The fraction of sp³-hybridized carbons (Fsp3) is 0.556. The summed E-state index contributed by atoms with van der Waals surface area (Å²) in [6.07, 6.45) is -0.0281. The second kappa shape index (κ2) is 7.02. The van der Waals surface area contributed by atoms with Gasteiger partial charge in [0.2, 0.25) is 0 Å². The van der Waals surface area contributed by atoms with Crippen LogP contribution in [0.4, 0.5) is 4.79 Å². The summed E-state index contributed by atoms with van der Waals surface area (Å²) >= 11 is 0. The summed E-state index contributed by atoms with van der Waals surface area (Å²) in [6, 6.07) is 9.79. The predicted molar refractivity (Wildman–Crippen MR) is 87.1 cm³/mol. The number of hydrogen-bond donors (Lipinski definition) is 1. The fourth-order valence-corrected chi connectivity index (χ4v) is 2.68. The molecule has 1 heterocycles. The number of carbonyl (C=O) groups excluding carboxylic acids is 2. The van der Waals surface area contributed by atoms with Crippen molar-refractivity contribution in [2.45, 2.75) is 51.7 Å². The molecular weight excluding hydrogens is 294 g/mol. The van der Waals surface area contributed by atoms with E-state index in [2.05, 4.69) is 5.32 Å². The smallest absolute Gasteiger partial charge is 0.407 e. The molecule has 1 saturated heterocycles. The van der Waals surface area contributed by atoms with Crippen LogP contribution < -0.4 is 5.32 Å². The van der Waals surface area contributed by atoms with E-state index >= 15 is 0 Å². The van der Waals surface area contributed by atoms with Gasteiger partial charge in [0, 0.05) is 12.5 Å². The van der Waals surface area contributed by atoms with E-state index in [0.29, 0.717) is 13.0 Å². The molecule has 2 unspecified atom stereocenters. The van der Waals surface area contributed by atoms with E-state index in [0.717, 1.165) is 5.56 Å². The van der Waals surface area contributed by atoms with Crippen molar-refractivity contribution < 1.29 is 19.1 Å². The Labute approximate surface area is 137 Å². The van der Waals surface area contributed by atoms with Crippen LogP contribution in [-0.2, 0) is 14.3 Å². The van der Waals surface area contributed by atoms with Gasteiger partial charge in [-0.15, -0.1) is 0 Å². The molecule has 23 heavy (non-hydrogen) atoms. The normalized spacial score (nSPS) is 22.3. The Balaban J connectivity index is 2.06. The summed E-state index contributed by atoms with van der Waals surface area (Å²) in [6.45, 7) is 7.69. The van der Waals surface area contributed by atoms with Gasteiger partial charge in [-0.25, -0.2) is 4.79 Å². The topological polar surface area (TPSA) is 64.6 Å². The first-order valence-electron chi connectivity index (χ1n) is 7.98. The van der Waals surface area contributed by atoms with Gasteiger partial charge >= 0.3 is 12.1 Å². The Morgan fingerprint density at radius 1 is 1.35 bits per heavy atom. The summed E-state index contributed by atoms with van der Waals surface area (Å²) in [5.41, 5.74) is 0.496. The lowest BCUT2D eigenvalue weighted by Gasteiger charge is -2.25. The first kappa shape index (κ1) is 17.3. The van der Waals surface area contributed by atoms with Crippen molar-refractivity contribution in [1.82, 2.24) is 5.32 Å². The Bertz CT molecular complexity index is 550. The molecule has 1 aliphatic rings. The van der Waals surface area contributed by atoms with Crippen LogP contribution in [0.15, 0.2) is 30.3 Å². The second-order valence-electron chi connectivity index (χ2n) is 7.01. The van der Waals surface area contributed by atoms with Crippen LogP contribution in [0.3, 0.4) is 0 Å². The van der Waals surface area contributed by atoms with Gasteiger partial charge in [-0.3, -0.25) is 4.79 Å². The molecule has 0 aliphatic carbocycles. The first-order valence-corrected chi connectivity index (χ1v) is 7.98. The third kappa shape index (κ3) is 4.98. The largest absolute Gasteiger partial charge is 0.461 e. The molecule has 5 nitrogen and oxygen atoms in total. The van der Waals surface area contributed by atoms with E-state index in [1.807, 2.05) is 58.0 Å². The summed E-state index contributed by atoms with van der Waals surface area (Å²) in [4.78, 5) is 23.6. The molecule has 0 bridgehead atoms. The minimum atomic E-state index is -0.541. The lowest BCUT2D eigenvalue weighted by molar-refractivity contribution is -0.144. The summed E-state index contributed by atoms with van der Waals surface area (Å²) < 4.78 is 10.8. The quantitative estimate of drug-likeness (QED) is 0.865. The van der Waals surface area contributed by atoms with Crippen molar-refractivity contribution in [2.24, 2.45) is 5.92 Å². The highest BCUT2D eigenvalue weighted by atomic mass is 16.6. The van der Waals surface area contributed by atoms with Gasteiger partial charge in [-0.05, 0) is 32.8 Å². The molecule has 1 fully saturated rings. The number of amides is 1. The summed E-state index contributed by atoms with van der Waals surface area (Å²) in [5, 5.41) is 2.79. The van der Waals surface area contributed by atoms with E-state index in [1.54, 1.807) is 0 Å². The zero-order valence-corrected chi connectivity index (χ0v) is 14.2. The molecular formula is C18H25NO4. The van der Waals surface area contributed by atoms with E-state index in [4.69, 9.17) is 9.47 Å². The number of alkyl carbamates (subject to hydrolysis) is 1. The molecule has 5 heteroatoms. The highest BCUT2D eigenvalue weighted by molar-refractivity contribution is 5.74. The summed E-state index contributed by atoms with van der Waals surface area (Å²) in [5.74, 6) is -0.362. The lowest BCUT2D eigenvalue weighted by atomic mass is 9.90. The van der Waals surface area contributed by atoms with Gasteiger partial charge in [-0.1, -0.05) is 37.3 Å². The van der Waals surface area contributed by atoms with Crippen LogP contribution in [0, 0.1) is 5.92 Å².